The molecule has 53 heavy (non-hydrogen) atoms. The molecule has 3 aromatic rings. The van der Waals surface area contributed by atoms with Crippen LogP contribution in [-0.4, -0.2) is 89.4 Å². The van der Waals surface area contributed by atoms with Crippen LogP contribution in [0.25, 0.3) is 33.4 Å². The maximum atomic E-state index is 13.0. The number of carbonyl (C=O) groups is 2. The topological polar surface area (TPSA) is 205 Å². The lowest BCUT2D eigenvalue weighted by Gasteiger charge is -2.20. The molecular formula is C37H38N6O10. The number of non-ortho nitro benzene ring substituents is 1. The van der Waals surface area contributed by atoms with Crippen molar-refractivity contribution in [3.05, 3.63) is 110 Å². The number of aromatic carboxylic acids is 1. The summed E-state index contributed by atoms with van der Waals surface area (Å²) >= 11 is 0. The molecular weight excluding hydrogens is 688 g/mol. The fourth-order valence-corrected chi connectivity index (χ4v) is 5.64. The highest BCUT2D eigenvalue weighted by molar-refractivity contribution is 6.09. The van der Waals surface area contributed by atoms with Crippen molar-refractivity contribution in [2.24, 2.45) is 0 Å². The molecule has 1 amide bonds. The number of nitro groups is 2. The molecule has 0 spiro atoms. The molecule has 16 nitrogen and oxygen atoms in total. The molecule has 3 aromatic carbocycles. The van der Waals surface area contributed by atoms with E-state index in [-0.39, 0.29) is 62.0 Å². The van der Waals surface area contributed by atoms with E-state index >= 15 is 0 Å². The summed E-state index contributed by atoms with van der Waals surface area (Å²) in [5.41, 5.74) is 2.52. The van der Waals surface area contributed by atoms with Crippen LogP contribution in [0.15, 0.2) is 77.2 Å². The van der Waals surface area contributed by atoms with Crippen molar-refractivity contribution in [2.75, 3.05) is 77.9 Å². The molecule has 2 N–H and O–H groups in total. The summed E-state index contributed by atoms with van der Waals surface area (Å²) in [7, 11) is 7.67. The van der Waals surface area contributed by atoms with Gasteiger partial charge in [0.15, 0.2) is 0 Å². The van der Waals surface area contributed by atoms with Crippen LogP contribution in [0.1, 0.15) is 20.7 Å². The lowest BCUT2D eigenvalue weighted by atomic mass is 9.89. The van der Waals surface area contributed by atoms with Gasteiger partial charge in [0, 0.05) is 78.7 Å². The predicted molar refractivity (Wildman–Crippen MR) is 196 cm³/mol. The quantitative estimate of drug-likeness (QED) is 0.0494. The number of carboxylic acids is 1. The second kappa shape index (κ2) is 16.8. The number of nitrogens with one attached hydrogen (secondary N) is 2. The van der Waals surface area contributed by atoms with E-state index in [0.29, 0.717) is 33.4 Å². The minimum absolute atomic E-state index is 0.132. The lowest BCUT2D eigenvalue weighted by Crippen LogP contribution is -2.29. The van der Waals surface area contributed by atoms with Gasteiger partial charge in [0.05, 0.1) is 54.4 Å². The number of fused-ring (bicyclic) bond motifs is 2. The zero-order valence-electron chi connectivity index (χ0n) is 29.5. The van der Waals surface area contributed by atoms with Gasteiger partial charge in [0.25, 0.3) is 17.3 Å². The van der Waals surface area contributed by atoms with E-state index in [1.54, 1.807) is 12.1 Å². The van der Waals surface area contributed by atoms with E-state index in [9.17, 15) is 34.9 Å². The van der Waals surface area contributed by atoms with Crippen molar-refractivity contribution in [1.29, 1.82) is 0 Å². The molecule has 0 saturated heterocycles. The Morgan fingerprint density at radius 1 is 0.811 bits per heavy atom. The first-order valence-electron chi connectivity index (χ1n) is 16.5. The third kappa shape index (κ3) is 8.92. The van der Waals surface area contributed by atoms with Gasteiger partial charge in [-0.05, 0) is 42.0 Å². The minimum atomic E-state index is -1.43. The van der Waals surface area contributed by atoms with Gasteiger partial charge < -0.3 is 39.3 Å². The second-order valence-corrected chi connectivity index (χ2v) is 12.3. The van der Waals surface area contributed by atoms with E-state index in [1.165, 1.54) is 18.2 Å². The Hall–Kier alpha value is -6.39. The number of rotatable bonds is 16. The zero-order valence-corrected chi connectivity index (χ0v) is 29.5. The number of benzene rings is 4. The van der Waals surface area contributed by atoms with Crippen LogP contribution >= 0.6 is 0 Å². The van der Waals surface area contributed by atoms with Crippen LogP contribution in [-0.2, 0) is 9.47 Å². The SMILES string of the molecule is CN(C)c1ccc2c(-c3ccc(C(=O)NCCOCCOCCNc4ccc([N+](=O)[O-])cc4[N+](=O)[O-])cc3C(=O)[O-])c3ccc(=[N+](C)C)cc-3oc2c1. The fraction of sp³-hybridized carbons (Fsp3) is 0.270. The molecule has 0 saturated carbocycles. The maximum absolute atomic E-state index is 13.0. The van der Waals surface area contributed by atoms with Crippen molar-refractivity contribution < 1.29 is 38.4 Å². The number of amides is 1. The van der Waals surface area contributed by atoms with E-state index < -0.39 is 27.4 Å². The molecule has 0 fully saturated rings. The van der Waals surface area contributed by atoms with Gasteiger partial charge in [-0.1, -0.05) is 6.07 Å². The number of nitrogens with zero attached hydrogens (tertiary/aromatic N) is 4. The number of anilines is 2. The Kier molecular flexibility index (Phi) is 12.0. The van der Waals surface area contributed by atoms with Gasteiger partial charge in [0.2, 0.25) is 5.36 Å². The number of ether oxygens (including phenoxy) is 2. The van der Waals surface area contributed by atoms with Crippen molar-refractivity contribution >= 4 is 45.6 Å². The van der Waals surface area contributed by atoms with Crippen LogP contribution < -0.4 is 30.6 Å². The first-order valence-corrected chi connectivity index (χ1v) is 16.5. The molecule has 0 unspecified atom stereocenters. The van der Waals surface area contributed by atoms with Crippen LogP contribution in [0.2, 0.25) is 0 Å². The van der Waals surface area contributed by atoms with Gasteiger partial charge in [0.1, 0.15) is 31.1 Å². The zero-order chi connectivity index (χ0) is 38.2. The average molecular weight is 727 g/mol. The first-order chi connectivity index (χ1) is 25.3. The van der Waals surface area contributed by atoms with Gasteiger partial charge in [-0.15, -0.1) is 0 Å². The summed E-state index contributed by atoms with van der Waals surface area (Å²) in [6.07, 6.45) is 0. The van der Waals surface area contributed by atoms with E-state index in [2.05, 4.69) is 10.6 Å². The molecule has 2 aliphatic rings. The number of carbonyl (C=O) groups excluding carboxylic acids is 2. The fourth-order valence-electron chi connectivity index (χ4n) is 5.64. The number of hydrogen-bond donors (Lipinski definition) is 2. The summed E-state index contributed by atoms with van der Waals surface area (Å²) in [5, 5.41) is 41.8. The predicted octanol–water partition coefficient (Wildman–Crippen LogP) is 3.36. The molecule has 1 aliphatic carbocycles. The van der Waals surface area contributed by atoms with Crippen LogP contribution in [0.4, 0.5) is 22.7 Å². The summed E-state index contributed by atoms with van der Waals surface area (Å²) < 4.78 is 19.3. The van der Waals surface area contributed by atoms with E-state index in [4.69, 9.17) is 13.9 Å². The van der Waals surface area contributed by atoms with Crippen molar-refractivity contribution in [2.45, 2.75) is 0 Å². The van der Waals surface area contributed by atoms with Gasteiger partial charge in [-0.2, -0.15) is 0 Å². The second-order valence-electron chi connectivity index (χ2n) is 12.3. The van der Waals surface area contributed by atoms with Crippen molar-refractivity contribution in [3.8, 4) is 22.5 Å². The van der Waals surface area contributed by atoms with Crippen LogP contribution in [0.5, 0.6) is 0 Å². The third-order valence-corrected chi connectivity index (χ3v) is 8.35. The van der Waals surface area contributed by atoms with Gasteiger partial charge in [-0.25, -0.2) is 4.58 Å². The largest absolute Gasteiger partial charge is 0.545 e. The number of nitro benzene ring substituents is 2. The third-order valence-electron chi connectivity index (χ3n) is 8.35. The molecule has 0 bridgehead atoms. The first kappa shape index (κ1) is 37.9. The summed E-state index contributed by atoms with van der Waals surface area (Å²) in [4.78, 5) is 48.2. The molecule has 16 heteroatoms. The molecule has 5 rings (SSSR count). The Bertz CT molecular complexity index is 2230. The lowest BCUT2D eigenvalue weighted by molar-refractivity contribution is -0.393. The highest BCUT2D eigenvalue weighted by Crippen LogP contribution is 2.42. The number of carboxylic acid groups (broad SMARTS) is 1. The summed E-state index contributed by atoms with van der Waals surface area (Å²) in [6.45, 7) is 1.10. The Labute approximate surface area is 303 Å². The molecule has 276 valence electrons. The average Bonchev–Trinajstić information content (AvgIpc) is 3.13. The normalized spacial score (nSPS) is 11.0. The van der Waals surface area contributed by atoms with Crippen LogP contribution in [0, 0.1) is 20.2 Å². The van der Waals surface area contributed by atoms with Crippen molar-refractivity contribution in [1.82, 2.24) is 9.89 Å². The summed E-state index contributed by atoms with van der Waals surface area (Å²) in [6, 6.07) is 19.2. The molecule has 0 aromatic heterocycles. The monoisotopic (exact) mass is 726 g/mol. The van der Waals surface area contributed by atoms with Crippen molar-refractivity contribution in [3.63, 3.8) is 0 Å². The van der Waals surface area contributed by atoms with E-state index in [1.807, 2.05) is 74.1 Å². The van der Waals surface area contributed by atoms with Gasteiger partial charge >= 0.3 is 0 Å². The molecule has 1 aliphatic heterocycles. The standard InChI is InChI=1S/C37H38N6O10/c1-40(2)24-6-10-28-33(21-24)53-34-22-25(41(3)4)7-11-29(34)35(28)27-9-5-23(19-30(27)37(45)46)36(44)39-14-16-52-18-17-51-15-13-38-31-12-8-26(42(47)48)20-32(31)43(49)50/h5-12,19-22,38H,13-18H2,1-4H3,(H-,39,44,45,46). The molecule has 0 radical (unpaired) electrons. The Morgan fingerprint density at radius 2 is 1.53 bits per heavy atom. The van der Waals surface area contributed by atoms with Crippen LogP contribution in [0.3, 0.4) is 0 Å². The Balaban J connectivity index is 1.19. The maximum Gasteiger partial charge on any atom is 0.299 e. The molecule has 0 atom stereocenters. The summed E-state index contributed by atoms with van der Waals surface area (Å²) in [5.74, 6) is -1.36. The van der Waals surface area contributed by atoms with E-state index in [0.717, 1.165) is 17.1 Å². The number of hydrogen-bond acceptors (Lipinski definition) is 12. The Morgan fingerprint density at radius 3 is 2.19 bits per heavy atom. The molecule has 1 heterocycles. The van der Waals surface area contributed by atoms with Gasteiger partial charge in [-0.3, -0.25) is 25.0 Å². The minimum Gasteiger partial charge on any atom is -0.545 e. The highest BCUT2D eigenvalue weighted by atomic mass is 16.6. The smallest absolute Gasteiger partial charge is 0.299 e. The highest BCUT2D eigenvalue weighted by Gasteiger charge is 2.22.